The van der Waals surface area contributed by atoms with Crippen LogP contribution in [0.5, 0.6) is 0 Å². The Morgan fingerprint density at radius 3 is 2.58 bits per heavy atom. The molecule has 0 atom stereocenters. The molecule has 1 aliphatic rings. The smallest absolute Gasteiger partial charge is 0.0954 e. The maximum atomic E-state index is 4.56. The Morgan fingerprint density at radius 1 is 1.11 bits per heavy atom. The van der Waals surface area contributed by atoms with Crippen molar-refractivity contribution in [2.24, 2.45) is 0 Å². The van der Waals surface area contributed by atoms with Gasteiger partial charge in [0.05, 0.1) is 12.0 Å². The standard InChI is InChI=1S/C17H22N2/c1-13(2)15-9-7-14(8-10-15)11-19-12-18-16-5-3-4-6-17(16)19/h7-10,12-13H,3-6,11H2,1-2H3. The van der Waals surface area contributed by atoms with E-state index in [2.05, 4.69) is 47.7 Å². The van der Waals surface area contributed by atoms with Crippen LogP contribution in [0.4, 0.5) is 0 Å². The van der Waals surface area contributed by atoms with Crippen LogP contribution in [-0.2, 0) is 19.4 Å². The van der Waals surface area contributed by atoms with Gasteiger partial charge in [0.25, 0.3) is 0 Å². The van der Waals surface area contributed by atoms with E-state index < -0.39 is 0 Å². The Kier molecular flexibility index (Phi) is 3.41. The molecule has 0 radical (unpaired) electrons. The molecule has 19 heavy (non-hydrogen) atoms. The van der Waals surface area contributed by atoms with Gasteiger partial charge in [0.2, 0.25) is 0 Å². The summed E-state index contributed by atoms with van der Waals surface area (Å²) in [5.74, 6) is 0.607. The van der Waals surface area contributed by atoms with Gasteiger partial charge in [-0.25, -0.2) is 4.98 Å². The number of fused-ring (bicyclic) bond motifs is 1. The Balaban J connectivity index is 1.79. The molecule has 3 rings (SSSR count). The summed E-state index contributed by atoms with van der Waals surface area (Å²) in [5.41, 5.74) is 5.57. The number of benzene rings is 1. The van der Waals surface area contributed by atoms with Gasteiger partial charge < -0.3 is 4.57 Å². The average molecular weight is 254 g/mol. The molecule has 2 nitrogen and oxygen atoms in total. The minimum Gasteiger partial charge on any atom is -0.330 e. The molecule has 1 aromatic heterocycles. The zero-order valence-corrected chi connectivity index (χ0v) is 11.9. The highest BCUT2D eigenvalue weighted by Gasteiger charge is 2.15. The van der Waals surface area contributed by atoms with Crippen LogP contribution in [0.2, 0.25) is 0 Å². The van der Waals surface area contributed by atoms with E-state index in [0.717, 1.165) is 13.0 Å². The van der Waals surface area contributed by atoms with E-state index in [1.165, 1.54) is 41.8 Å². The van der Waals surface area contributed by atoms with Crippen molar-refractivity contribution in [1.82, 2.24) is 9.55 Å². The molecular formula is C17H22N2. The average Bonchev–Trinajstić information content (AvgIpc) is 2.83. The highest BCUT2D eigenvalue weighted by Crippen LogP contribution is 2.21. The number of aromatic nitrogens is 2. The summed E-state index contributed by atoms with van der Waals surface area (Å²) < 4.78 is 2.33. The Morgan fingerprint density at radius 2 is 1.84 bits per heavy atom. The van der Waals surface area contributed by atoms with Crippen molar-refractivity contribution in [1.29, 1.82) is 0 Å². The van der Waals surface area contributed by atoms with Crippen LogP contribution < -0.4 is 0 Å². The molecule has 1 heterocycles. The number of nitrogens with zero attached hydrogens (tertiary/aromatic N) is 2. The molecular weight excluding hydrogens is 232 g/mol. The summed E-state index contributed by atoms with van der Waals surface area (Å²) >= 11 is 0. The van der Waals surface area contributed by atoms with E-state index in [1.54, 1.807) is 0 Å². The summed E-state index contributed by atoms with van der Waals surface area (Å²) in [6.45, 7) is 5.43. The largest absolute Gasteiger partial charge is 0.330 e. The van der Waals surface area contributed by atoms with Crippen molar-refractivity contribution in [3.63, 3.8) is 0 Å². The number of rotatable bonds is 3. The normalized spacial score (nSPS) is 14.7. The fourth-order valence-corrected chi connectivity index (χ4v) is 2.87. The fourth-order valence-electron chi connectivity index (χ4n) is 2.87. The van der Waals surface area contributed by atoms with Crippen molar-refractivity contribution in [3.05, 3.63) is 53.1 Å². The van der Waals surface area contributed by atoms with E-state index >= 15 is 0 Å². The predicted octanol–water partition coefficient (Wildman–Crippen LogP) is 3.93. The molecule has 0 amide bonds. The third kappa shape index (κ3) is 2.58. The molecule has 0 bridgehead atoms. The van der Waals surface area contributed by atoms with Crippen molar-refractivity contribution in [2.75, 3.05) is 0 Å². The highest BCUT2D eigenvalue weighted by molar-refractivity contribution is 5.26. The second-order valence-electron chi connectivity index (χ2n) is 5.87. The molecule has 0 unspecified atom stereocenters. The summed E-state index contributed by atoms with van der Waals surface area (Å²) in [6, 6.07) is 9.02. The van der Waals surface area contributed by atoms with Gasteiger partial charge in [0, 0.05) is 12.2 Å². The van der Waals surface area contributed by atoms with Crippen molar-refractivity contribution < 1.29 is 0 Å². The molecule has 2 heteroatoms. The quantitative estimate of drug-likeness (QED) is 0.811. The SMILES string of the molecule is CC(C)c1ccc(Cn2cnc3c2CCCC3)cc1. The fraction of sp³-hybridized carbons (Fsp3) is 0.471. The van der Waals surface area contributed by atoms with Gasteiger partial charge in [-0.2, -0.15) is 0 Å². The number of aryl methyl sites for hydroxylation is 1. The van der Waals surface area contributed by atoms with Gasteiger partial charge in [-0.15, -0.1) is 0 Å². The topological polar surface area (TPSA) is 17.8 Å². The van der Waals surface area contributed by atoms with E-state index in [0.29, 0.717) is 5.92 Å². The maximum absolute atomic E-state index is 4.56. The first kappa shape index (κ1) is 12.5. The van der Waals surface area contributed by atoms with Gasteiger partial charge in [0.1, 0.15) is 0 Å². The second kappa shape index (κ2) is 5.20. The first-order valence-corrected chi connectivity index (χ1v) is 7.36. The van der Waals surface area contributed by atoms with Crippen molar-refractivity contribution in [3.8, 4) is 0 Å². The molecule has 0 saturated heterocycles. The lowest BCUT2D eigenvalue weighted by molar-refractivity contribution is 0.628. The maximum Gasteiger partial charge on any atom is 0.0954 e. The number of hydrogen-bond donors (Lipinski definition) is 0. The zero-order valence-electron chi connectivity index (χ0n) is 11.9. The van der Waals surface area contributed by atoms with Crippen LogP contribution in [-0.4, -0.2) is 9.55 Å². The van der Waals surface area contributed by atoms with Crippen LogP contribution in [0.1, 0.15) is 55.1 Å². The van der Waals surface area contributed by atoms with Gasteiger partial charge in [0.15, 0.2) is 0 Å². The third-order valence-corrected chi connectivity index (χ3v) is 4.11. The monoisotopic (exact) mass is 254 g/mol. The minimum atomic E-state index is 0.607. The van der Waals surface area contributed by atoms with E-state index in [9.17, 15) is 0 Å². The van der Waals surface area contributed by atoms with Gasteiger partial charge in [-0.1, -0.05) is 38.1 Å². The molecule has 1 aliphatic carbocycles. The molecule has 100 valence electrons. The van der Waals surface area contributed by atoms with Crippen LogP contribution in [0.25, 0.3) is 0 Å². The molecule has 0 saturated carbocycles. The first-order valence-electron chi connectivity index (χ1n) is 7.36. The van der Waals surface area contributed by atoms with Gasteiger partial charge >= 0.3 is 0 Å². The minimum absolute atomic E-state index is 0.607. The molecule has 1 aromatic carbocycles. The molecule has 2 aromatic rings. The summed E-state index contributed by atoms with van der Waals surface area (Å²) in [4.78, 5) is 4.56. The molecule has 0 spiro atoms. The summed E-state index contributed by atoms with van der Waals surface area (Å²) in [7, 11) is 0. The van der Waals surface area contributed by atoms with Crippen LogP contribution >= 0.6 is 0 Å². The number of imidazole rings is 1. The summed E-state index contributed by atoms with van der Waals surface area (Å²) in [6.07, 6.45) is 6.98. The van der Waals surface area contributed by atoms with Gasteiger partial charge in [-0.3, -0.25) is 0 Å². The van der Waals surface area contributed by atoms with E-state index in [-0.39, 0.29) is 0 Å². The molecule has 0 aliphatic heterocycles. The zero-order chi connectivity index (χ0) is 13.2. The van der Waals surface area contributed by atoms with Crippen LogP contribution in [0.15, 0.2) is 30.6 Å². The van der Waals surface area contributed by atoms with E-state index in [4.69, 9.17) is 0 Å². The highest BCUT2D eigenvalue weighted by atomic mass is 15.1. The lowest BCUT2D eigenvalue weighted by Crippen LogP contribution is -2.09. The third-order valence-electron chi connectivity index (χ3n) is 4.11. The first-order chi connectivity index (χ1) is 9.24. The molecule has 0 fully saturated rings. The van der Waals surface area contributed by atoms with Crippen LogP contribution in [0.3, 0.4) is 0 Å². The second-order valence-corrected chi connectivity index (χ2v) is 5.87. The van der Waals surface area contributed by atoms with E-state index in [1.807, 2.05) is 6.33 Å². The lowest BCUT2D eigenvalue weighted by atomic mass is 10.0. The number of hydrogen-bond acceptors (Lipinski definition) is 1. The van der Waals surface area contributed by atoms with Gasteiger partial charge in [-0.05, 0) is 42.7 Å². The van der Waals surface area contributed by atoms with Crippen molar-refractivity contribution in [2.45, 2.75) is 52.0 Å². The molecule has 0 N–H and O–H groups in total. The van der Waals surface area contributed by atoms with Crippen molar-refractivity contribution >= 4 is 0 Å². The Bertz CT molecular complexity index is 549. The lowest BCUT2D eigenvalue weighted by Gasteiger charge is -2.14. The predicted molar refractivity (Wildman–Crippen MR) is 78.5 cm³/mol. The van der Waals surface area contributed by atoms with Crippen LogP contribution in [0, 0.1) is 0 Å². The Labute approximate surface area is 115 Å². The Hall–Kier alpha value is -1.57. The summed E-state index contributed by atoms with van der Waals surface area (Å²) in [5, 5.41) is 0.